The molecule has 110 valence electrons. The zero-order chi connectivity index (χ0) is 14.8. The number of hydrogen-bond acceptors (Lipinski definition) is 2. The van der Waals surface area contributed by atoms with Gasteiger partial charge in [0.15, 0.2) is 0 Å². The van der Waals surface area contributed by atoms with Crippen molar-refractivity contribution < 1.29 is 0 Å². The molecule has 2 N–H and O–H groups in total. The Labute approximate surface area is 127 Å². The number of nitrogens with two attached hydrogens (primary N) is 1. The van der Waals surface area contributed by atoms with E-state index in [2.05, 4.69) is 67.3 Å². The molecule has 3 rings (SSSR count). The number of rotatable bonds is 3. The Bertz CT molecular complexity index is 603. The molecule has 0 aliphatic carbocycles. The number of fused-ring (bicyclic) bond motifs is 1. The number of para-hydroxylation sites is 1. The zero-order valence-electron chi connectivity index (χ0n) is 12.9. The van der Waals surface area contributed by atoms with Crippen molar-refractivity contribution in [3.05, 3.63) is 65.2 Å². The predicted octanol–water partition coefficient (Wildman–Crippen LogP) is 3.69. The summed E-state index contributed by atoms with van der Waals surface area (Å²) in [6.07, 6.45) is 1.17. The largest absolute Gasteiger partial charge is 0.369 e. The molecule has 0 saturated heterocycles. The third-order valence-corrected chi connectivity index (χ3v) is 4.36. The first kappa shape index (κ1) is 14.2. The Balaban J connectivity index is 1.79. The van der Waals surface area contributed by atoms with Crippen LogP contribution in [-0.4, -0.2) is 13.1 Å². The summed E-state index contributed by atoms with van der Waals surface area (Å²) in [6, 6.07) is 17.4. The van der Waals surface area contributed by atoms with Crippen molar-refractivity contribution in [2.75, 3.05) is 18.0 Å². The third kappa shape index (κ3) is 3.11. The van der Waals surface area contributed by atoms with Gasteiger partial charge in [0, 0.05) is 24.8 Å². The van der Waals surface area contributed by atoms with Gasteiger partial charge in [-0.2, -0.15) is 0 Å². The lowest BCUT2D eigenvalue weighted by molar-refractivity contribution is 0.515. The van der Waals surface area contributed by atoms with Crippen molar-refractivity contribution in [2.45, 2.75) is 26.3 Å². The van der Waals surface area contributed by atoms with Gasteiger partial charge in [-0.25, -0.2) is 0 Å². The van der Waals surface area contributed by atoms with Gasteiger partial charge in [0.2, 0.25) is 0 Å². The Morgan fingerprint density at radius 2 is 1.86 bits per heavy atom. The molecule has 2 aromatic rings. The second-order valence-electron chi connectivity index (χ2n) is 6.36. The molecule has 21 heavy (non-hydrogen) atoms. The van der Waals surface area contributed by atoms with E-state index in [-0.39, 0.29) is 6.04 Å². The minimum absolute atomic E-state index is 0.0592. The van der Waals surface area contributed by atoms with Crippen molar-refractivity contribution >= 4 is 5.69 Å². The normalized spacial score (nSPS) is 19.2. The van der Waals surface area contributed by atoms with E-state index in [4.69, 9.17) is 5.73 Å². The average Bonchev–Trinajstić information content (AvgIpc) is 2.47. The summed E-state index contributed by atoms with van der Waals surface area (Å²) in [5, 5.41) is 0. The fourth-order valence-corrected chi connectivity index (χ4v) is 3.24. The van der Waals surface area contributed by atoms with Crippen LogP contribution in [0.1, 0.15) is 29.7 Å². The number of benzene rings is 2. The number of nitrogens with zero attached hydrogens (tertiary/aromatic N) is 1. The Hall–Kier alpha value is -1.80. The minimum Gasteiger partial charge on any atom is -0.369 e. The van der Waals surface area contributed by atoms with Crippen LogP contribution in [0.25, 0.3) is 0 Å². The predicted molar refractivity (Wildman–Crippen MR) is 89.6 cm³/mol. The molecular formula is C19H24N2. The quantitative estimate of drug-likeness (QED) is 0.929. The molecule has 2 unspecified atom stereocenters. The SMILES string of the molecule is Cc1ccc(C(N)CN2CC(C)Cc3ccccc32)cc1. The summed E-state index contributed by atoms with van der Waals surface area (Å²) in [7, 11) is 0. The van der Waals surface area contributed by atoms with E-state index in [1.165, 1.54) is 28.8 Å². The summed E-state index contributed by atoms with van der Waals surface area (Å²) < 4.78 is 0. The topological polar surface area (TPSA) is 29.3 Å². The Morgan fingerprint density at radius 1 is 1.14 bits per heavy atom. The molecule has 1 aliphatic rings. The summed E-state index contributed by atoms with van der Waals surface area (Å²) in [4.78, 5) is 2.45. The highest BCUT2D eigenvalue weighted by Gasteiger charge is 2.23. The molecule has 1 aliphatic heterocycles. The van der Waals surface area contributed by atoms with Crippen LogP contribution in [0.15, 0.2) is 48.5 Å². The fraction of sp³-hybridized carbons (Fsp3) is 0.368. The van der Waals surface area contributed by atoms with Gasteiger partial charge < -0.3 is 10.6 Å². The fourth-order valence-electron chi connectivity index (χ4n) is 3.24. The van der Waals surface area contributed by atoms with Crippen molar-refractivity contribution in [1.82, 2.24) is 0 Å². The van der Waals surface area contributed by atoms with Gasteiger partial charge in [0.25, 0.3) is 0 Å². The molecule has 2 atom stereocenters. The second-order valence-corrected chi connectivity index (χ2v) is 6.36. The van der Waals surface area contributed by atoms with Gasteiger partial charge in [-0.05, 0) is 36.5 Å². The van der Waals surface area contributed by atoms with E-state index in [1.807, 2.05) is 0 Å². The van der Waals surface area contributed by atoms with Crippen molar-refractivity contribution in [1.29, 1.82) is 0 Å². The van der Waals surface area contributed by atoms with Crippen LogP contribution >= 0.6 is 0 Å². The molecule has 2 nitrogen and oxygen atoms in total. The van der Waals surface area contributed by atoms with Crippen LogP contribution in [-0.2, 0) is 6.42 Å². The lowest BCUT2D eigenvalue weighted by Crippen LogP contribution is -2.39. The highest BCUT2D eigenvalue weighted by Crippen LogP contribution is 2.30. The number of hydrogen-bond donors (Lipinski definition) is 1. The first-order valence-corrected chi connectivity index (χ1v) is 7.78. The molecule has 0 saturated carbocycles. The monoisotopic (exact) mass is 280 g/mol. The van der Waals surface area contributed by atoms with E-state index in [1.54, 1.807) is 0 Å². The molecule has 2 aromatic carbocycles. The maximum Gasteiger partial charge on any atom is 0.0473 e. The highest BCUT2D eigenvalue weighted by molar-refractivity contribution is 5.56. The van der Waals surface area contributed by atoms with Crippen LogP contribution in [0.4, 0.5) is 5.69 Å². The maximum atomic E-state index is 6.44. The molecule has 2 heteroatoms. The van der Waals surface area contributed by atoms with E-state index < -0.39 is 0 Å². The molecule has 0 radical (unpaired) electrons. The van der Waals surface area contributed by atoms with Crippen LogP contribution in [0.2, 0.25) is 0 Å². The van der Waals surface area contributed by atoms with Crippen molar-refractivity contribution in [3.8, 4) is 0 Å². The first-order valence-electron chi connectivity index (χ1n) is 7.78. The first-order chi connectivity index (χ1) is 10.1. The maximum absolute atomic E-state index is 6.44. The van der Waals surface area contributed by atoms with Gasteiger partial charge in [-0.15, -0.1) is 0 Å². The third-order valence-electron chi connectivity index (χ3n) is 4.36. The second kappa shape index (κ2) is 5.90. The summed E-state index contributed by atoms with van der Waals surface area (Å²) in [6.45, 7) is 6.40. The number of aryl methyl sites for hydroxylation is 1. The minimum atomic E-state index is 0.0592. The smallest absolute Gasteiger partial charge is 0.0473 e. The van der Waals surface area contributed by atoms with Gasteiger partial charge >= 0.3 is 0 Å². The van der Waals surface area contributed by atoms with Crippen LogP contribution in [0, 0.1) is 12.8 Å². The summed E-state index contributed by atoms with van der Waals surface area (Å²) in [5.74, 6) is 0.685. The summed E-state index contributed by atoms with van der Waals surface area (Å²) >= 11 is 0. The van der Waals surface area contributed by atoms with E-state index in [0.717, 1.165) is 13.1 Å². The molecule has 1 heterocycles. The molecule has 0 aromatic heterocycles. The molecule has 0 bridgehead atoms. The van der Waals surface area contributed by atoms with Gasteiger partial charge in [0.05, 0.1) is 0 Å². The lowest BCUT2D eigenvalue weighted by atomic mass is 9.93. The average molecular weight is 280 g/mol. The van der Waals surface area contributed by atoms with Gasteiger partial charge in [0.1, 0.15) is 0 Å². The van der Waals surface area contributed by atoms with Crippen molar-refractivity contribution in [3.63, 3.8) is 0 Å². The van der Waals surface area contributed by atoms with Crippen LogP contribution in [0.5, 0.6) is 0 Å². The Morgan fingerprint density at radius 3 is 2.62 bits per heavy atom. The Kier molecular flexibility index (Phi) is 3.98. The molecular weight excluding hydrogens is 256 g/mol. The lowest BCUT2D eigenvalue weighted by Gasteiger charge is -2.36. The van der Waals surface area contributed by atoms with Crippen LogP contribution in [0.3, 0.4) is 0 Å². The van der Waals surface area contributed by atoms with Gasteiger partial charge in [-0.1, -0.05) is 55.0 Å². The molecule has 0 spiro atoms. The molecule has 0 amide bonds. The number of anilines is 1. The van der Waals surface area contributed by atoms with E-state index in [9.17, 15) is 0 Å². The van der Waals surface area contributed by atoms with E-state index >= 15 is 0 Å². The summed E-state index contributed by atoms with van der Waals surface area (Å²) in [5.41, 5.74) is 11.7. The van der Waals surface area contributed by atoms with Gasteiger partial charge in [-0.3, -0.25) is 0 Å². The highest BCUT2D eigenvalue weighted by atomic mass is 15.2. The van der Waals surface area contributed by atoms with E-state index in [0.29, 0.717) is 5.92 Å². The standard InChI is InChI=1S/C19H24N2/c1-14-7-9-16(10-8-14)18(20)13-21-12-15(2)11-17-5-3-4-6-19(17)21/h3-10,15,18H,11-13,20H2,1-2H3. The zero-order valence-corrected chi connectivity index (χ0v) is 12.9. The van der Waals surface area contributed by atoms with Crippen molar-refractivity contribution in [2.24, 2.45) is 11.7 Å². The van der Waals surface area contributed by atoms with Crippen LogP contribution < -0.4 is 10.6 Å². The molecule has 0 fully saturated rings.